The summed E-state index contributed by atoms with van der Waals surface area (Å²) in [5.74, 6) is 1.06. The van der Waals surface area contributed by atoms with E-state index in [1.54, 1.807) is 13.3 Å². The third-order valence-corrected chi connectivity index (χ3v) is 5.90. The quantitative estimate of drug-likeness (QED) is 0.627. The number of hydrogen-bond acceptors (Lipinski definition) is 5. The lowest BCUT2D eigenvalue weighted by Gasteiger charge is -2.36. The Morgan fingerprint density at radius 3 is 2.61 bits per heavy atom. The molecule has 2 N–H and O–H groups in total. The van der Waals surface area contributed by atoms with Gasteiger partial charge in [-0.1, -0.05) is 35.9 Å². The van der Waals surface area contributed by atoms with E-state index in [2.05, 4.69) is 9.97 Å². The number of piperidine rings is 1. The van der Waals surface area contributed by atoms with Crippen LogP contribution in [0.2, 0.25) is 5.02 Å². The highest BCUT2D eigenvalue weighted by molar-refractivity contribution is 6.30. The predicted octanol–water partition coefficient (Wildman–Crippen LogP) is 4.68. The molecule has 1 aliphatic heterocycles. The summed E-state index contributed by atoms with van der Waals surface area (Å²) in [7, 11) is 1.63. The normalized spacial score (nSPS) is 16.2. The first kappa shape index (κ1) is 21.1. The minimum absolute atomic E-state index is 0.0779. The molecule has 0 spiro atoms. The highest BCUT2D eigenvalue weighted by atomic mass is 35.5. The molecule has 31 heavy (non-hydrogen) atoms. The van der Waals surface area contributed by atoms with Crippen molar-refractivity contribution in [1.82, 2.24) is 14.9 Å². The van der Waals surface area contributed by atoms with Crippen LogP contribution in [0.1, 0.15) is 36.6 Å². The summed E-state index contributed by atoms with van der Waals surface area (Å²) in [6.45, 7) is 0.698. The highest BCUT2D eigenvalue weighted by Crippen LogP contribution is 2.36. The summed E-state index contributed by atoms with van der Waals surface area (Å²) in [5.41, 5.74) is 9.52. The molecule has 1 fully saturated rings. The molecule has 1 atom stereocenters. The summed E-state index contributed by atoms with van der Waals surface area (Å²) < 4.78 is 5.21. The zero-order valence-electron chi connectivity index (χ0n) is 17.4. The van der Waals surface area contributed by atoms with Crippen molar-refractivity contribution in [2.75, 3.05) is 19.4 Å². The number of amides is 1. The minimum Gasteiger partial charge on any atom is -0.497 e. The number of nitrogens with two attached hydrogens (primary N) is 1. The van der Waals surface area contributed by atoms with E-state index in [0.29, 0.717) is 18.0 Å². The van der Waals surface area contributed by atoms with E-state index >= 15 is 0 Å². The molecule has 0 radical (unpaired) electrons. The molecule has 1 unspecified atom stereocenters. The highest BCUT2D eigenvalue weighted by Gasteiger charge is 2.31. The van der Waals surface area contributed by atoms with Gasteiger partial charge in [-0.3, -0.25) is 4.79 Å². The van der Waals surface area contributed by atoms with Crippen molar-refractivity contribution in [3.63, 3.8) is 0 Å². The average Bonchev–Trinajstić information content (AvgIpc) is 2.80. The summed E-state index contributed by atoms with van der Waals surface area (Å²) in [6, 6.07) is 15.0. The first-order chi connectivity index (χ1) is 15.0. The van der Waals surface area contributed by atoms with Crippen LogP contribution in [-0.4, -0.2) is 34.4 Å². The average molecular weight is 437 g/mol. The van der Waals surface area contributed by atoms with Crippen LogP contribution < -0.4 is 10.5 Å². The van der Waals surface area contributed by atoms with Gasteiger partial charge in [0.1, 0.15) is 5.75 Å². The number of ether oxygens (including phenoxy) is 1. The Bertz CT molecular complexity index is 1050. The van der Waals surface area contributed by atoms with E-state index in [9.17, 15) is 4.79 Å². The Labute approximate surface area is 187 Å². The molecule has 3 aromatic rings. The second-order valence-electron chi connectivity index (χ2n) is 7.66. The monoisotopic (exact) mass is 436 g/mol. The molecular formula is C24H25ClN4O2. The maximum absolute atomic E-state index is 13.3. The molecule has 0 bridgehead atoms. The first-order valence-electron chi connectivity index (χ1n) is 10.4. The largest absolute Gasteiger partial charge is 0.497 e. The van der Waals surface area contributed by atoms with Gasteiger partial charge in [0.05, 0.1) is 25.3 Å². The Morgan fingerprint density at radius 2 is 1.90 bits per heavy atom. The third kappa shape index (κ3) is 4.80. The summed E-state index contributed by atoms with van der Waals surface area (Å²) in [6.07, 6.45) is 4.91. The van der Waals surface area contributed by atoms with Gasteiger partial charge in [-0.25, -0.2) is 9.97 Å². The SMILES string of the molecule is COc1ccc(CC(=O)N2CCCCC2c2nc(N)ncc2-c2ccc(Cl)cc2)cc1. The number of halogens is 1. The van der Waals surface area contributed by atoms with Crippen LogP contribution in [0.3, 0.4) is 0 Å². The number of aromatic nitrogens is 2. The van der Waals surface area contributed by atoms with Crippen molar-refractivity contribution in [2.45, 2.75) is 31.7 Å². The predicted molar refractivity (Wildman–Crippen MR) is 122 cm³/mol. The zero-order valence-corrected chi connectivity index (χ0v) is 18.2. The molecule has 2 aromatic carbocycles. The Hall–Kier alpha value is -3.12. The fourth-order valence-electron chi connectivity index (χ4n) is 4.05. The van der Waals surface area contributed by atoms with E-state index in [1.807, 2.05) is 53.4 Å². The van der Waals surface area contributed by atoms with Crippen molar-refractivity contribution in [3.05, 3.63) is 71.0 Å². The smallest absolute Gasteiger partial charge is 0.227 e. The van der Waals surface area contributed by atoms with Crippen molar-refractivity contribution >= 4 is 23.5 Å². The molecule has 6 nitrogen and oxygen atoms in total. The molecule has 160 valence electrons. The number of carbonyl (C=O) groups is 1. The lowest BCUT2D eigenvalue weighted by molar-refractivity contribution is -0.134. The number of benzene rings is 2. The van der Waals surface area contributed by atoms with Crippen LogP contribution in [0.25, 0.3) is 11.1 Å². The van der Waals surface area contributed by atoms with Gasteiger partial charge in [-0.2, -0.15) is 0 Å². The maximum atomic E-state index is 13.3. The van der Waals surface area contributed by atoms with E-state index < -0.39 is 0 Å². The van der Waals surface area contributed by atoms with E-state index in [1.165, 1.54) is 0 Å². The van der Waals surface area contributed by atoms with E-state index in [4.69, 9.17) is 22.1 Å². The number of methoxy groups -OCH3 is 1. The third-order valence-electron chi connectivity index (χ3n) is 5.65. The Balaban J connectivity index is 1.64. The van der Waals surface area contributed by atoms with Crippen LogP contribution in [0.5, 0.6) is 5.75 Å². The van der Waals surface area contributed by atoms with Gasteiger partial charge >= 0.3 is 0 Å². The van der Waals surface area contributed by atoms with Crippen LogP contribution in [0.15, 0.2) is 54.7 Å². The molecule has 1 aromatic heterocycles. The summed E-state index contributed by atoms with van der Waals surface area (Å²) >= 11 is 6.06. The van der Waals surface area contributed by atoms with Crippen molar-refractivity contribution < 1.29 is 9.53 Å². The van der Waals surface area contributed by atoms with Crippen LogP contribution >= 0.6 is 11.6 Å². The topological polar surface area (TPSA) is 81.3 Å². The number of nitrogen functional groups attached to an aromatic ring is 1. The van der Waals surface area contributed by atoms with Gasteiger partial charge < -0.3 is 15.4 Å². The number of hydrogen-bond donors (Lipinski definition) is 1. The fraction of sp³-hybridized carbons (Fsp3) is 0.292. The molecule has 1 amide bonds. The van der Waals surface area contributed by atoms with Gasteiger partial charge in [-0.15, -0.1) is 0 Å². The van der Waals surface area contributed by atoms with Crippen molar-refractivity contribution in [3.8, 4) is 16.9 Å². The molecule has 4 rings (SSSR count). The van der Waals surface area contributed by atoms with Gasteiger partial charge in [0.15, 0.2) is 0 Å². The molecule has 0 saturated carbocycles. The fourth-order valence-corrected chi connectivity index (χ4v) is 4.18. The molecule has 7 heteroatoms. The van der Waals surface area contributed by atoms with Gasteiger partial charge in [0.25, 0.3) is 0 Å². The second-order valence-corrected chi connectivity index (χ2v) is 8.09. The second kappa shape index (κ2) is 9.35. The number of carbonyl (C=O) groups excluding carboxylic acids is 1. The van der Waals surface area contributed by atoms with Crippen LogP contribution in [0.4, 0.5) is 5.95 Å². The Kier molecular flexibility index (Phi) is 6.37. The summed E-state index contributed by atoms with van der Waals surface area (Å²) in [5, 5.41) is 0.663. The first-order valence-corrected chi connectivity index (χ1v) is 10.7. The lowest BCUT2D eigenvalue weighted by atomic mass is 9.93. The molecule has 2 heterocycles. The number of rotatable bonds is 5. The Morgan fingerprint density at radius 1 is 1.16 bits per heavy atom. The van der Waals surface area contributed by atoms with Gasteiger partial charge in [0, 0.05) is 23.3 Å². The number of nitrogens with zero attached hydrogens (tertiary/aromatic N) is 3. The standard InChI is InChI=1S/C24H25ClN4O2/c1-31-19-11-5-16(6-12-19)14-22(30)29-13-3-2-4-21(29)23-20(15-27-24(26)28-23)17-7-9-18(25)10-8-17/h5-12,15,21H,2-4,13-14H2,1H3,(H2,26,27,28). The van der Waals surface area contributed by atoms with E-state index in [0.717, 1.165) is 47.4 Å². The molecular weight excluding hydrogens is 412 g/mol. The number of anilines is 1. The van der Waals surface area contributed by atoms with Crippen LogP contribution in [0, 0.1) is 0 Å². The lowest BCUT2D eigenvalue weighted by Crippen LogP contribution is -2.40. The molecule has 0 aliphatic carbocycles. The number of likely N-dealkylation sites (tertiary alicyclic amines) is 1. The summed E-state index contributed by atoms with van der Waals surface area (Å²) in [4.78, 5) is 24.0. The minimum atomic E-state index is -0.143. The van der Waals surface area contributed by atoms with Crippen molar-refractivity contribution in [2.24, 2.45) is 0 Å². The van der Waals surface area contributed by atoms with Crippen LogP contribution in [-0.2, 0) is 11.2 Å². The van der Waals surface area contributed by atoms with E-state index in [-0.39, 0.29) is 17.9 Å². The van der Waals surface area contributed by atoms with Crippen molar-refractivity contribution in [1.29, 1.82) is 0 Å². The molecule has 1 aliphatic rings. The van der Waals surface area contributed by atoms with Gasteiger partial charge in [-0.05, 0) is 54.7 Å². The van der Waals surface area contributed by atoms with Gasteiger partial charge in [0.2, 0.25) is 11.9 Å². The zero-order chi connectivity index (χ0) is 21.8. The molecule has 1 saturated heterocycles. The maximum Gasteiger partial charge on any atom is 0.227 e.